The summed E-state index contributed by atoms with van der Waals surface area (Å²) in [4.78, 5) is 18.8. The molecule has 0 fully saturated rings. The highest BCUT2D eigenvalue weighted by Crippen LogP contribution is 2.24. The molecule has 1 aromatic carbocycles. The van der Waals surface area contributed by atoms with E-state index in [9.17, 15) is 14.3 Å². The van der Waals surface area contributed by atoms with E-state index in [4.69, 9.17) is 0 Å². The number of aromatic nitrogens is 4. The average molecular weight is 546 g/mol. The largest absolute Gasteiger partial charge is 0.382 e. The van der Waals surface area contributed by atoms with Crippen molar-refractivity contribution >= 4 is 49.4 Å². The maximum absolute atomic E-state index is 12.9. The van der Waals surface area contributed by atoms with Crippen molar-refractivity contribution in [3.8, 4) is 0 Å². The summed E-state index contributed by atoms with van der Waals surface area (Å²) in [6.07, 6.45) is 6.76. The number of carbonyl (C=O) groups excluding carboxylic acids is 1. The number of rotatable bonds is 3. The number of aliphatic hydroxyl groups excluding tert-OH is 1. The van der Waals surface area contributed by atoms with Gasteiger partial charge < -0.3 is 5.11 Å². The van der Waals surface area contributed by atoms with E-state index in [0.717, 1.165) is 26.5 Å². The van der Waals surface area contributed by atoms with Gasteiger partial charge in [0.15, 0.2) is 6.29 Å². The predicted molar refractivity (Wildman–Crippen MR) is 122 cm³/mol. The fourth-order valence-electron chi connectivity index (χ4n) is 3.05. The summed E-state index contributed by atoms with van der Waals surface area (Å²) in [5.41, 5.74) is 3.36. The van der Waals surface area contributed by atoms with Crippen LogP contribution >= 0.6 is 31.9 Å². The number of pyridine rings is 2. The zero-order chi connectivity index (χ0) is 22.0. The van der Waals surface area contributed by atoms with Gasteiger partial charge in [-0.2, -0.15) is 0 Å². The Morgan fingerprint density at radius 3 is 2.10 bits per heavy atom. The van der Waals surface area contributed by atoms with E-state index in [-0.39, 0.29) is 5.82 Å². The van der Waals surface area contributed by atoms with Crippen molar-refractivity contribution in [3.05, 3.63) is 105 Å². The molecule has 0 radical (unpaired) electrons. The van der Waals surface area contributed by atoms with E-state index in [1.165, 1.54) is 12.1 Å². The molecule has 156 valence electrons. The summed E-state index contributed by atoms with van der Waals surface area (Å²) >= 11 is 6.70. The highest BCUT2D eigenvalue weighted by molar-refractivity contribution is 9.10. The zero-order valence-electron chi connectivity index (χ0n) is 15.9. The number of imidazole rings is 2. The van der Waals surface area contributed by atoms with Crippen molar-refractivity contribution in [2.24, 2.45) is 0 Å². The maximum atomic E-state index is 12.9. The minimum Gasteiger partial charge on any atom is -0.382 e. The third-order valence-corrected chi connectivity index (χ3v) is 5.52. The number of aldehydes is 1. The molecule has 31 heavy (non-hydrogen) atoms. The molecule has 0 spiro atoms. The fourth-order valence-corrected chi connectivity index (χ4v) is 3.73. The third kappa shape index (κ3) is 4.58. The number of hydrogen-bond donors (Lipinski definition) is 1. The van der Waals surface area contributed by atoms with Gasteiger partial charge in [0.1, 0.15) is 28.9 Å². The summed E-state index contributed by atoms with van der Waals surface area (Å²) in [5.74, 6) is -0.322. The van der Waals surface area contributed by atoms with Gasteiger partial charge in [0.2, 0.25) is 0 Å². The molecule has 0 amide bonds. The lowest BCUT2D eigenvalue weighted by atomic mass is 10.1. The molecule has 0 saturated heterocycles. The van der Waals surface area contributed by atoms with Crippen LogP contribution in [0.15, 0.2) is 82.3 Å². The van der Waals surface area contributed by atoms with Gasteiger partial charge in [0.05, 0.1) is 18.1 Å². The molecule has 0 aliphatic carbocycles. The minimum absolute atomic E-state index is 0.322. The molecule has 5 aromatic rings. The number of benzene rings is 1. The number of nitrogens with zero attached hydrogens (tertiary/aromatic N) is 4. The Morgan fingerprint density at radius 1 is 0.871 bits per heavy atom. The van der Waals surface area contributed by atoms with Crippen molar-refractivity contribution in [2.45, 2.75) is 6.10 Å². The SMILES string of the molecule is O=Cc1cnc2ccc(Br)cn12.OC(c1ccc(F)cc1)c1cnc2ccc(Br)cn12. The first-order valence-corrected chi connectivity index (χ1v) is 10.7. The highest BCUT2D eigenvalue weighted by atomic mass is 79.9. The highest BCUT2D eigenvalue weighted by Gasteiger charge is 2.15. The maximum Gasteiger partial charge on any atom is 0.168 e. The summed E-state index contributed by atoms with van der Waals surface area (Å²) in [5, 5.41) is 10.4. The molecular formula is C22H15Br2FN4O2. The lowest BCUT2D eigenvalue weighted by molar-refractivity contribution is 0.111. The normalized spacial score (nSPS) is 11.9. The molecule has 4 aromatic heterocycles. The number of hydrogen-bond acceptors (Lipinski definition) is 4. The Kier molecular flexibility index (Phi) is 6.26. The number of fused-ring (bicyclic) bond motifs is 2. The molecule has 0 aliphatic heterocycles. The molecule has 9 heteroatoms. The summed E-state index contributed by atoms with van der Waals surface area (Å²) in [6, 6.07) is 13.3. The Balaban J connectivity index is 0.000000166. The number of aliphatic hydroxyl groups is 1. The van der Waals surface area contributed by atoms with Crippen molar-refractivity contribution in [2.75, 3.05) is 0 Å². The molecule has 0 saturated carbocycles. The molecule has 1 unspecified atom stereocenters. The fraction of sp³-hybridized carbons (Fsp3) is 0.0455. The van der Waals surface area contributed by atoms with Gasteiger partial charge in [-0.1, -0.05) is 12.1 Å². The zero-order valence-corrected chi connectivity index (χ0v) is 19.0. The molecule has 4 heterocycles. The summed E-state index contributed by atoms with van der Waals surface area (Å²) < 4.78 is 18.3. The number of halogens is 3. The molecule has 1 N–H and O–H groups in total. The summed E-state index contributed by atoms with van der Waals surface area (Å²) in [7, 11) is 0. The Morgan fingerprint density at radius 2 is 1.45 bits per heavy atom. The predicted octanol–water partition coefficient (Wildman–Crippen LogP) is 5.23. The van der Waals surface area contributed by atoms with Crippen LogP contribution in [-0.4, -0.2) is 30.2 Å². The van der Waals surface area contributed by atoms with E-state index in [0.29, 0.717) is 17.0 Å². The van der Waals surface area contributed by atoms with Crippen LogP contribution in [0.4, 0.5) is 4.39 Å². The van der Waals surface area contributed by atoms with E-state index in [2.05, 4.69) is 41.8 Å². The van der Waals surface area contributed by atoms with Crippen LogP contribution in [0.2, 0.25) is 0 Å². The lowest BCUT2D eigenvalue weighted by Gasteiger charge is -2.11. The van der Waals surface area contributed by atoms with Gasteiger partial charge in [0, 0.05) is 21.3 Å². The van der Waals surface area contributed by atoms with Crippen LogP contribution in [0.3, 0.4) is 0 Å². The Hall–Kier alpha value is -2.88. The monoisotopic (exact) mass is 544 g/mol. The second-order valence-corrected chi connectivity index (χ2v) is 8.42. The van der Waals surface area contributed by atoms with Crippen molar-refractivity contribution in [3.63, 3.8) is 0 Å². The second kappa shape index (κ2) is 9.09. The van der Waals surface area contributed by atoms with Crippen LogP contribution in [0.5, 0.6) is 0 Å². The minimum atomic E-state index is -0.843. The molecule has 0 aliphatic rings. The third-order valence-electron chi connectivity index (χ3n) is 4.58. The number of carbonyl (C=O) groups is 1. The van der Waals surface area contributed by atoms with Crippen LogP contribution < -0.4 is 0 Å². The quantitative estimate of drug-likeness (QED) is 0.315. The van der Waals surface area contributed by atoms with Crippen LogP contribution in [0, 0.1) is 5.82 Å². The van der Waals surface area contributed by atoms with E-state index < -0.39 is 6.10 Å². The van der Waals surface area contributed by atoms with E-state index >= 15 is 0 Å². The van der Waals surface area contributed by atoms with Gasteiger partial charge in [-0.3, -0.25) is 13.6 Å². The average Bonchev–Trinajstić information content (AvgIpc) is 3.37. The van der Waals surface area contributed by atoms with Crippen molar-refractivity contribution < 1.29 is 14.3 Å². The van der Waals surface area contributed by atoms with Crippen molar-refractivity contribution in [1.29, 1.82) is 0 Å². The molecule has 1 atom stereocenters. The van der Waals surface area contributed by atoms with Crippen LogP contribution in [0.25, 0.3) is 11.3 Å². The Bertz CT molecular complexity index is 1370. The topological polar surface area (TPSA) is 71.9 Å². The van der Waals surface area contributed by atoms with Crippen molar-refractivity contribution in [1.82, 2.24) is 18.8 Å². The molecule has 6 nitrogen and oxygen atoms in total. The smallest absolute Gasteiger partial charge is 0.168 e. The van der Waals surface area contributed by atoms with E-state index in [1.807, 2.05) is 36.7 Å². The first-order chi connectivity index (χ1) is 15.0. The second-order valence-electron chi connectivity index (χ2n) is 6.59. The molecule has 0 bridgehead atoms. The lowest BCUT2D eigenvalue weighted by Crippen LogP contribution is -2.03. The molecular weight excluding hydrogens is 531 g/mol. The van der Waals surface area contributed by atoms with Gasteiger partial charge in [-0.05, 0) is 73.8 Å². The molecule has 5 rings (SSSR count). The first-order valence-electron chi connectivity index (χ1n) is 9.10. The Labute approximate surface area is 193 Å². The summed E-state index contributed by atoms with van der Waals surface area (Å²) in [6.45, 7) is 0. The van der Waals surface area contributed by atoms with Gasteiger partial charge in [0.25, 0.3) is 0 Å². The standard InChI is InChI=1S/C14H10BrFN2O.C8H5BrN2O/c15-10-3-6-13-17-7-12(18(13)8-10)14(19)9-1-4-11(16)5-2-9;9-6-1-2-8-10-3-7(5-12)11(8)4-6/h1-8,14,19H;1-5H. The first kappa shape index (κ1) is 21.4. The van der Waals surface area contributed by atoms with Crippen LogP contribution in [-0.2, 0) is 0 Å². The van der Waals surface area contributed by atoms with Crippen LogP contribution in [0.1, 0.15) is 27.8 Å². The van der Waals surface area contributed by atoms with E-state index in [1.54, 1.807) is 33.3 Å². The van der Waals surface area contributed by atoms with Gasteiger partial charge in [-0.25, -0.2) is 14.4 Å². The van der Waals surface area contributed by atoms with Gasteiger partial charge >= 0.3 is 0 Å². The van der Waals surface area contributed by atoms with Gasteiger partial charge in [-0.15, -0.1) is 0 Å².